The van der Waals surface area contributed by atoms with E-state index in [0.717, 1.165) is 16.8 Å². The van der Waals surface area contributed by atoms with E-state index >= 15 is 0 Å². The van der Waals surface area contributed by atoms with E-state index in [0.29, 0.717) is 18.5 Å². The molecule has 1 amide bonds. The van der Waals surface area contributed by atoms with Gasteiger partial charge in [0, 0.05) is 23.8 Å². The summed E-state index contributed by atoms with van der Waals surface area (Å²) >= 11 is 0. The standard InChI is InChI=1S/C17H17FN2O/c1-11-6-7-12(18)10-14(11)17(21)20-9-8-15(19)13-4-2-3-5-16(13)20/h2-7,10,15H,8-9,19H2,1H3. The number of anilines is 1. The molecule has 0 spiro atoms. The number of amides is 1. The molecule has 2 aromatic carbocycles. The summed E-state index contributed by atoms with van der Waals surface area (Å²) in [5.74, 6) is -0.572. The average Bonchev–Trinajstić information content (AvgIpc) is 2.50. The molecule has 3 rings (SSSR count). The number of nitrogens with two attached hydrogens (primary N) is 1. The highest BCUT2D eigenvalue weighted by molar-refractivity contribution is 6.07. The zero-order valence-electron chi connectivity index (χ0n) is 11.8. The summed E-state index contributed by atoms with van der Waals surface area (Å²) in [4.78, 5) is 14.5. The highest BCUT2D eigenvalue weighted by atomic mass is 19.1. The molecular weight excluding hydrogens is 267 g/mol. The third kappa shape index (κ3) is 2.43. The van der Waals surface area contributed by atoms with Crippen molar-refractivity contribution in [1.82, 2.24) is 0 Å². The number of carbonyl (C=O) groups excluding carboxylic acids is 1. The van der Waals surface area contributed by atoms with Crippen LogP contribution in [-0.4, -0.2) is 12.5 Å². The summed E-state index contributed by atoms with van der Waals surface area (Å²) in [7, 11) is 0. The number of rotatable bonds is 1. The molecule has 0 aromatic heterocycles. The van der Waals surface area contributed by atoms with Gasteiger partial charge in [-0.1, -0.05) is 24.3 Å². The minimum atomic E-state index is -0.397. The Hall–Kier alpha value is -2.20. The van der Waals surface area contributed by atoms with Crippen LogP contribution in [-0.2, 0) is 0 Å². The van der Waals surface area contributed by atoms with Crippen molar-refractivity contribution in [3.8, 4) is 0 Å². The van der Waals surface area contributed by atoms with Crippen LogP contribution in [0.1, 0.15) is 33.9 Å². The van der Waals surface area contributed by atoms with Gasteiger partial charge in [-0.05, 0) is 42.7 Å². The van der Waals surface area contributed by atoms with Crippen molar-refractivity contribution < 1.29 is 9.18 Å². The molecular formula is C17H17FN2O. The van der Waals surface area contributed by atoms with E-state index in [4.69, 9.17) is 5.73 Å². The Morgan fingerprint density at radius 3 is 2.86 bits per heavy atom. The zero-order valence-corrected chi connectivity index (χ0v) is 11.8. The smallest absolute Gasteiger partial charge is 0.258 e. The molecule has 0 aliphatic carbocycles. The maximum atomic E-state index is 13.4. The number of carbonyl (C=O) groups is 1. The molecule has 2 aromatic rings. The Balaban J connectivity index is 2.03. The Morgan fingerprint density at radius 1 is 1.29 bits per heavy atom. The quantitative estimate of drug-likeness (QED) is 0.874. The van der Waals surface area contributed by atoms with Crippen LogP contribution in [0.5, 0.6) is 0 Å². The van der Waals surface area contributed by atoms with E-state index in [1.165, 1.54) is 12.1 Å². The fourth-order valence-corrected chi connectivity index (χ4v) is 2.77. The Kier molecular flexibility index (Phi) is 3.47. The van der Waals surface area contributed by atoms with Crippen LogP contribution < -0.4 is 10.6 Å². The number of hydrogen-bond acceptors (Lipinski definition) is 2. The zero-order chi connectivity index (χ0) is 15.0. The highest BCUT2D eigenvalue weighted by Crippen LogP contribution is 2.33. The Morgan fingerprint density at radius 2 is 2.05 bits per heavy atom. The number of fused-ring (bicyclic) bond motifs is 1. The predicted molar refractivity (Wildman–Crippen MR) is 80.8 cm³/mol. The van der Waals surface area contributed by atoms with Gasteiger partial charge in [0.05, 0.1) is 0 Å². The normalized spacial score (nSPS) is 17.5. The molecule has 0 saturated carbocycles. The first-order valence-corrected chi connectivity index (χ1v) is 7.00. The van der Waals surface area contributed by atoms with Crippen LogP contribution in [0.4, 0.5) is 10.1 Å². The monoisotopic (exact) mass is 284 g/mol. The molecule has 0 saturated heterocycles. The number of benzene rings is 2. The molecule has 0 radical (unpaired) electrons. The molecule has 1 aliphatic rings. The van der Waals surface area contributed by atoms with E-state index in [1.807, 2.05) is 31.2 Å². The van der Waals surface area contributed by atoms with Gasteiger partial charge in [0.15, 0.2) is 0 Å². The van der Waals surface area contributed by atoms with Crippen molar-refractivity contribution in [2.24, 2.45) is 5.73 Å². The number of para-hydroxylation sites is 1. The van der Waals surface area contributed by atoms with Gasteiger partial charge >= 0.3 is 0 Å². The fraction of sp³-hybridized carbons (Fsp3) is 0.235. The Labute approximate surface area is 123 Å². The summed E-state index contributed by atoms with van der Waals surface area (Å²) < 4.78 is 13.4. The lowest BCUT2D eigenvalue weighted by Gasteiger charge is -2.33. The SMILES string of the molecule is Cc1ccc(F)cc1C(=O)N1CCC(N)c2ccccc21. The summed E-state index contributed by atoms with van der Waals surface area (Å²) in [5.41, 5.74) is 9.07. The molecule has 3 nitrogen and oxygen atoms in total. The molecule has 1 atom stereocenters. The van der Waals surface area contributed by atoms with Crippen molar-refractivity contribution >= 4 is 11.6 Å². The number of aryl methyl sites for hydroxylation is 1. The minimum absolute atomic E-state index is 0.0566. The lowest BCUT2D eigenvalue weighted by atomic mass is 9.96. The van der Waals surface area contributed by atoms with E-state index in [1.54, 1.807) is 11.0 Å². The molecule has 21 heavy (non-hydrogen) atoms. The maximum Gasteiger partial charge on any atom is 0.258 e. The van der Waals surface area contributed by atoms with Crippen LogP contribution in [0, 0.1) is 12.7 Å². The lowest BCUT2D eigenvalue weighted by molar-refractivity contribution is 0.0983. The first-order valence-electron chi connectivity index (χ1n) is 7.00. The van der Waals surface area contributed by atoms with Crippen LogP contribution in [0.2, 0.25) is 0 Å². The molecule has 0 bridgehead atoms. The summed E-state index contributed by atoms with van der Waals surface area (Å²) in [6, 6.07) is 11.9. The van der Waals surface area contributed by atoms with Crippen LogP contribution in [0.3, 0.4) is 0 Å². The van der Waals surface area contributed by atoms with Gasteiger partial charge < -0.3 is 10.6 Å². The second-order valence-electron chi connectivity index (χ2n) is 5.37. The third-order valence-electron chi connectivity index (χ3n) is 3.97. The largest absolute Gasteiger partial charge is 0.324 e. The van der Waals surface area contributed by atoms with Crippen LogP contribution >= 0.6 is 0 Å². The van der Waals surface area contributed by atoms with Gasteiger partial charge in [-0.25, -0.2) is 4.39 Å². The van der Waals surface area contributed by atoms with Gasteiger partial charge in [-0.3, -0.25) is 4.79 Å². The maximum absolute atomic E-state index is 13.4. The molecule has 1 heterocycles. The molecule has 1 unspecified atom stereocenters. The first-order chi connectivity index (χ1) is 10.1. The highest BCUT2D eigenvalue weighted by Gasteiger charge is 2.27. The topological polar surface area (TPSA) is 46.3 Å². The molecule has 2 N–H and O–H groups in total. The third-order valence-corrected chi connectivity index (χ3v) is 3.97. The van der Waals surface area contributed by atoms with Crippen LogP contribution in [0.25, 0.3) is 0 Å². The summed E-state index contributed by atoms with van der Waals surface area (Å²) in [5, 5.41) is 0. The number of halogens is 1. The van der Waals surface area contributed by atoms with Gasteiger partial charge in [0.1, 0.15) is 5.82 Å². The first kappa shape index (κ1) is 13.8. The van der Waals surface area contributed by atoms with Crippen molar-refractivity contribution in [2.45, 2.75) is 19.4 Å². The van der Waals surface area contributed by atoms with Gasteiger partial charge in [0.2, 0.25) is 0 Å². The molecule has 4 heteroatoms. The predicted octanol–water partition coefficient (Wildman–Crippen LogP) is 3.18. The number of nitrogens with zero attached hydrogens (tertiary/aromatic N) is 1. The van der Waals surface area contributed by atoms with E-state index in [2.05, 4.69) is 0 Å². The molecule has 108 valence electrons. The van der Waals surface area contributed by atoms with Crippen molar-refractivity contribution in [3.05, 3.63) is 65.0 Å². The van der Waals surface area contributed by atoms with Crippen molar-refractivity contribution in [3.63, 3.8) is 0 Å². The molecule has 1 aliphatic heterocycles. The lowest BCUT2D eigenvalue weighted by Crippen LogP contribution is -2.38. The van der Waals surface area contributed by atoms with E-state index in [-0.39, 0.29) is 11.9 Å². The molecule has 0 fully saturated rings. The average molecular weight is 284 g/mol. The summed E-state index contributed by atoms with van der Waals surface area (Å²) in [6.07, 6.45) is 0.705. The van der Waals surface area contributed by atoms with Gasteiger partial charge in [0.25, 0.3) is 5.91 Å². The van der Waals surface area contributed by atoms with Gasteiger partial charge in [-0.15, -0.1) is 0 Å². The van der Waals surface area contributed by atoms with Crippen molar-refractivity contribution in [1.29, 1.82) is 0 Å². The van der Waals surface area contributed by atoms with Gasteiger partial charge in [-0.2, -0.15) is 0 Å². The second-order valence-corrected chi connectivity index (χ2v) is 5.37. The number of hydrogen-bond donors (Lipinski definition) is 1. The fourth-order valence-electron chi connectivity index (χ4n) is 2.77. The van der Waals surface area contributed by atoms with E-state index < -0.39 is 5.82 Å². The van der Waals surface area contributed by atoms with E-state index in [9.17, 15) is 9.18 Å². The minimum Gasteiger partial charge on any atom is -0.324 e. The Bertz CT molecular complexity index is 699. The summed E-state index contributed by atoms with van der Waals surface area (Å²) in [6.45, 7) is 2.36. The van der Waals surface area contributed by atoms with Crippen LogP contribution in [0.15, 0.2) is 42.5 Å². The second kappa shape index (κ2) is 5.30. The van der Waals surface area contributed by atoms with Crippen molar-refractivity contribution in [2.75, 3.05) is 11.4 Å².